The first-order valence-electron chi connectivity index (χ1n) is 6.54. The molecule has 0 aromatic heterocycles. The molecule has 0 saturated heterocycles. The Bertz CT molecular complexity index is 522. The zero-order valence-electron chi connectivity index (χ0n) is 12.1. The van der Waals surface area contributed by atoms with E-state index < -0.39 is 11.9 Å². The number of nitriles is 1. The molecule has 0 unspecified atom stereocenters. The van der Waals surface area contributed by atoms with Gasteiger partial charge in [0.25, 0.3) is 0 Å². The van der Waals surface area contributed by atoms with Crippen molar-refractivity contribution in [2.75, 3.05) is 7.05 Å². The van der Waals surface area contributed by atoms with Crippen LogP contribution in [-0.4, -0.2) is 23.9 Å². The summed E-state index contributed by atoms with van der Waals surface area (Å²) >= 11 is 0. The summed E-state index contributed by atoms with van der Waals surface area (Å²) in [5.41, 5.74) is 6.52. The Kier molecular flexibility index (Phi) is 5.66. The predicted molar refractivity (Wildman–Crippen MR) is 75.0 cm³/mol. The van der Waals surface area contributed by atoms with Crippen molar-refractivity contribution in [3.8, 4) is 6.07 Å². The van der Waals surface area contributed by atoms with E-state index in [1.54, 1.807) is 7.05 Å². The maximum Gasteiger partial charge on any atom is 0.239 e. The van der Waals surface area contributed by atoms with E-state index in [0.29, 0.717) is 23.5 Å². The molecular formula is C15H20FN3O. The summed E-state index contributed by atoms with van der Waals surface area (Å²) in [5.74, 6) is -0.331. The minimum Gasteiger partial charge on any atom is -0.340 e. The fourth-order valence-electron chi connectivity index (χ4n) is 1.99. The van der Waals surface area contributed by atoms with Gasteiger partial charge in [0.05, 0.1) is 17.7 Å². The Morgan fingerprint density at radius 2 is 2.15 bits per heavy atom. The van der Waals surface area contributed by atoms with Gasteiger partial charge in [-0.2, -0.15) is 5.26 Å². The molecule has 1 rings (SSSR count). The third kappa shape index (κ3) is 4.32. The van der Waals surface area contributed by atoms with Gasteiger partial charge in [-0.3, -0.25) is 4.79 Å². The summed E-state index contributed by atoms with van der Waals surface area (Å²) in [7, 11) is 1.58. The van der Waals surface area contributed by atoms with Crippen LogP contribution in [0.25, 0.3) is 0 Å². The fraction of sp³-hybridized carbons (Fsp3) is 0.467. The van der Waals surface area contributed by atoms with Crippen LogP contribution in [0.2, 0.25) is 0 Å². The maximum absolute atomic E-state index is 13.7. The molecule has 0 spiro atoms. The quantitative estimate of drug-likeness (QED) is 0.895. The standard InChI is InChI=1S/C15H20FN3O/c1-10(2)6-14(18)15(20)19(3)9-12-7-11(8-17)4-5-13(12)16/h4-5,7,10,14H,6,9,18H2,1-3H3/t14-/m0/s1. The molecule has 1 aromatic carbocycles. The van der Waals surface area contributed by atoms with Gasteiger partial charge in [-0.25, -0.2) is 4.39 Å². The summed E-state index contributed by atoms with van der Waals surface area (Å²) in [5, 5.41) is 8.81. The van der Waals surface area contributed by atoms with Gasteiger partial charge in [0.15, 0.2) is 0 Å². The summed E-state index contributed by atoms with van der Waals surface area (Å²) in [4.78, 5) is 13.5. The maximum atomic E-state index is 13.7. The predicted octanol–water partition coefficient (Wildman–Crippen LogP) is 2.03. The molecule has 0 aliphatic heterocycles. The lowest BCUT2D eigenvalue weighted by Crippen LogP contribution is -2.42. The minimum absolute atomic E-state index is 0.103. The number of benzene rings is 1. The molecule has 1 amide bonds. The van der Waals surface area contributed by atoms with Gasteiger partial charge < -0.3 is 10.6 Å². The van der Waals surface area contributed by atoms with Crippen molar-refractivity contribution in [2.45, 2.75) is 32.9 Å². The van der Waals surface area contributed by atoms with Crippen LogP contribution in [0, 0.1) is 23.1 Å². The average molecular weight is 277 g/mol. The topological polar surface area (TPSA) is 70.1 Å². The molecule has 0 fully saturated rings. The lowest BCUT2D eigenvalue weighted by Gasteiger charge is -2.22. The smallest absolute Gasteiger partial charge is 0.239 e. The number of likely N-dealkylation sites (N-methyl/N-ethyl adjacent to an activating group) is 1. The highest BCUT2D eigenvalue weighted by atomic mass is 19.1. The average Bonchev–Trinajstić information content (AvgIpc) is 2.39. The Hall–Kier alpha value is -1.93. The molecule has 0 heterocycles. The van der Waals surface area contributed by atoms with Crippen LogP contribution < -0.4 is 5.73 Å². The number of nitrogens with two attached hydrogens (primary N) is 1. The second kappa shape index (κ2) is 7.01. The molecule has 4 nitrogen and oxygen atoms in total. The zero-order valence-corrected chi connectivity index (χ0v) is 12.1. The molecular weight excluding hydrogens is 257 g/mol. The van der Waals surface area contributed by atoms with Crippen LogP contribution in [0.3, 0.4) is 0 Å². The highest BCUT2D eigenvalue weighted by Crippen LogP contribution is 2.13. The van der Waals surface area contributed by atoms with Crippen LogP contribution in [0.15, 0.2) is 18.2 Å². The first-order chi connectivity index (χ1) is 9.35. The van der Waals surface area contributed by atoms with Gasteiger partial charge in [0.1, 0.15) is 5.82 Å². The Morgan fingerprint density at radius 1 is 1.50 bits per heavy atom. The second-order valence-corrected chi connectivity index (χ2v) is 5.35. The summed E-state index contributed by atoms with van der Waals surface area (Å²) in [6, 6.07) is 5.47. The molecule has 2 N–H and O–H groups in total. The fourth-order valence-corrected chi connectivity index (χ4v) is 1.99. The first kappa shape index (κ1) is 16.1. The summed E-state index contributed by atoms with van der Waals surface area (Å²) < 4.78 is 13.7. The van der Waals surface area contributed by atoms with Gasteiger partial charge in [-0.15, -0.1) is 0 Å². The van der Waals surface area contributed by atoms with E-state index >= 15 is 0 Å². The SMILES string of the molecule is CC(C)C[C@H](N)C(=O)N(C)Cc1cc(C#N)ccc1F. The zero-order chi connectivity index (χ0) is 15.3. The van der Waals surface area contributed by atoms with Crippen molar-refractivity contribution in [3.05, 3.63) is 35.1 Å². The van der Waals surface area contributed by atoms with E-state index in [1.807, 2.05) is 19.9 Å². The van der Waals surface area contributed by atoms with Crippen molar-refractivity contribution in [1.82, 2.24) is 4.90 Å². The lowest BCUT2D eigenvalue weighted by atomic mass is 10.0. The van der Waals surface area contributed by atoms with E-state index in [0.717, 1.165) is 0 Å². The van der Waals surface area contributed by atoms with Crippen molar-refractivity contribution < 1.29 is 9.18 Å². The number of carbonyl (C=O) groups is 1. The second-order valence-electron chi connectivity index (χ2n) is 5.35. The molecule has 0 radical (unpaired) electrons. The molecule has 20 heavy (non-hydrogen) atoms. The van der Waals surface area contributed by atoms with E-state index in [2.05, 4.69) is 0 Å². The third-order valence-corrected chi connectivity index (χ3v) is 3.00. The van der Waals surface area contributed by atoms with Crippen molar-refractivity contribution in [3.63, 3.8) is 0 Å². The molecule has 0 aliphatic rings. The van der Waals surface area contributed by atoms with E-state index in [1.165, 1.54) is 23.1 Å². The number of carbonyl (C=O) groups excluding carboxylic acids is 1. The van der Waals surface area contributed by atoms with Gasteiger partial charge in [0.2, 0.25) is 5.91 Å². The number of halogens is 1. The van der Waals surface area contributed by atoms with Crippen molar-refractivity contribution in [2.24, 2.45) is 11.7 Å². The number of hydrogen-bond donors (Lipinski definition) is 1. The van der Waals surface area contributed by atoms with E-state index in [-0.39, 0.29) is 12.5 Å². The molecule has 0 aliphatic carbocycles. The lowest BCUT2D eigenvalue weighted by molar-refractivity contribution is -0.132. The highest BCUT2D eigenvalue weighted by Gasteiger charge is 2.20. The number of amides is 1. The van der Waals surface area contributed by atoms with Crippen molar-refractivity contribution >= 4 is 5.91 Å². The summed E-state index contributed by atoms with van der Waals surface area (Å²) in [6.45, 7) is 4.08. The van der Waals surface area contributed by atoms with Crippen molar-refractivity contribution in [1.29, 1.82) is 5.26 Å². The monoisotopic (exact) mass is 277 g/mol. The van der Waals surface area contributed by atoms with Gasteiger partial charge >= 0.3 is 0 Å². The Balaban J connectivity index is 2.78. The number of rotatable bonds is 5. The van der Waals surface area contributed by atoms with Gasteiger partial charge in [-0.1, -0.05) is 13.8 Å². The van der Waals surface area contributed by atoms with Crippen LogP contribution in [0.4, 0.5) is 4.39 Å². The molecule has 0 bridgehead atoms. The van der Waals surface area contributed by atoms with Crippen LogP contribution in [0.5, 0.6) is 0 Å². The molecule has 1 aromatic rings. The van der Waals surface area contributed by atoms with E-state index in [4.69, 9.17) is 11.0 Å². The molecule has 1 atom stereocenters. The highest BCUT2D eigenvalue weighted by molar-refractivity contribution is 5.81. The molecule has 0 saturated carbocycles. The van der Waals surface area contributed by atoms with E-state index in [9.17, 15) is 9.18 Å². The Morgan fingerprint density at radius 3 is 2.70 bits per heavy atom. The minimum atomic E-state index is -0.581. The summed E-state index contributed by atoms with van der Waals surface area (Å²) in [6.07, 6.45) is 0.587. The normalized spacial score (nSPS) is 12.1. The number of hydrogen-bond acceptors (Lipinski definition) is 3. The Labute approximate surface area is 119 Å². The third-order valence-electron chi connectivity index (χ3n) is 3.00. The van der Waals surface area contributed by atoms with Crippen LogP contribution in [-0.2, 0) is 11.3 Å². The van der Waals surface area contributed by atoms with Crippen LogP contribution in [0.1, 0.15) is 31.4 Å². The molecule has 108 valence electrons. The first-order valence-corrected chi connectivity index (χ1v) is 6.54. The van der Waals surface area contributed by atoms with Gasteiger partial charge in [0, 0.05) is 19.2 Å². The largest absolute Gasteiger partial charge is 0.340 e. The van der Waals surface area contributed by atoms with Crippen LogP contribution >= 0.6 is 0 Å². The molecule has 5 heteroatoms. The number of nitrogens with zero attached hydrogens (tertiary/aromatic N) is 2. The van der Waals surface area contributed by atoms with Gasteiger partial charge in [-0.05, 0) is 30.5 Å².